The van der Waals surface area contributed by atoms with E-state index in [4.69, 9.17) is 4.42 Å². The molecule has 0 fully saturated rings. The van der Waals surface area contributed by atoms with Gasteiger partial charge in [-0.25, -0.2) is 8.42 Å². The van der Waals surface area contributed by atoms with Gasteiger partial charge < -0.3 is 9.73 Å². The maximum atomic E-state index is 11.6. The second-order valence-corrected chi connectivity index (χ2v) is 5.96. The summed E-state index contributed by atoms with van der Waals surface area (Å²) in [5, 5.41) is 3.07. The SMILES string of the molecule is CC(C)NCCS(=O)(=O)Cc1ccco1. The topological polar surface area (TPSA) is 59.3 Å². The Morgan fingerprint density at radius 1 is 1.47 bits per heavy atom. The largest absolute Gasteiger partial charge is 0.468 e. The Morgan fingerprint density at radius 2 is 2.20 bits per heavy atom. The predicted octanol–water partition coefficient (Wildman–Crippen LogP) is 1.19. The van der Waals surface area contributed by atoms with Gasteiger partial charge in [0.05, 0.1) is 12.0 Å². The summed E-state index contributed by atoms with van der Waals surface area (Å²) in [6.45, 7) is 4.46. The van der Waals surface area contributed by atoms with Crippen LogP contribution < -0.4 is 5.32 Å². The average molecular weight is 231 g/mol. The normalized spacial score (nSPS) is 12.2. The molecule has 1 rings (SSSR count). The molecule has 86 valence electrons. The highest BCUT2D eigenvalue weighted by Crippen LogP contribution is 2.06. The predicted molar refractivity (Wildman–Crippen MR) is 59.3 cm³/mol. The summed E-state index contributed by atoms with van der Waals surface area (Å²) >= 11 is 0. The van der Waals surface area contributed by atoms with E-state index in [2.05, 4.69) is 5.32 Å². The molecule has 1 N–H and O–H groups in total. The van der Waals surface area contributed by atoms with Crippen LogP contribution in [0.3, 0.4) is 0 Å². The molecule has 1 heterocycles. The lowest BCUT2D eigenvalue weighted by Gasteiger charge is -2.07. The molecule has 0 unspecified atom stereocenters. The first-order valence-electron chi connectivity index (χ1n) is 4.96. The fraction of sp³-hybridized carbons (Fsp3) is 0.600. The minimum atomic E-state index is -3.06. The van der Waals surface area contributed by atoms with Crippen molar-refractivity contribution in [3.63, 3.8) is 0 Å². The highest BCUT2D eigenvalue weighted by Gasteiger charge is 2.13. The third-order valence-corrected chi connectivity index (χ3v) is 3.46. The zero-order valence-electron chi connectivity index (χ0n) is 9.06. The van der Waals surface area contributed by atoms with E-state index in [0.29, 0.717) is 18.3 Å². The van der Waals surface area contributed by atoms with Crippen LogP contribution >= 0.6 is 0 Å². The Labute approximate surface area is 90.6 Å². The standard InChI is InChI=1S/C10H17NO3S/c1-9(2)11-5-7-15(12,13)8-10-4-3-6-14-10/h3-4,6,9,11H,5,7-8H2,1-2H3. The molecule has 5 heteroatoms. The fourth-order valence-corrected chi connectivity index (χ4v) is 2.36. The van der Waals surface area contributed by atoms with Crippen LogP contribution in [0.1, 0.15) is 19.6 Å². The molecule has 0 atom stereocenters. The van der Waals surface area contributed by atoms with Crippen LogP contribution in [0, 0.1) is 0 Å². The van der Waals surface area contributed by atoms with Gasteiger partial charge in [0, 0.05) is 12.6 Å². The molecule has 1 aromatic rings. The van der Waals surface area contributed by atoms with Gasteiger partial charge in [0.1, 0.15) is 11.5 Å². The molecular formula is C10H17NO3S. The lowest BCUT2D eigenvalue weighted by atomic mass is 10.4. The summed E-state index contributed by atoms with van der Waals surface area (Å²) in [7, 11) is -3.06. The second kappa shape index (κ2) is 5.32. The van der Waals surface area contributed by atoms with E-state index in [1.165, 1.54) is 6.26 Å². The fourth-order valence-electron chi connectivity index (χ4n) is 1.19. The van der Waals surface area contributed by atoms with Crippen LogP contribution in [0.4, 0.5) is 0 Å². The first kappa shape index (κ1) is 12.3. The van der Waals surface area contributed by atoms with E-state index in [9.17, 15) is 8.42 Å². The minimum absolute atomic E-state index is 0.0141. The smallest absolute Gasteiger partial charge is 0.158 e. The maximum Gasteiger partial charge on any atom is 0.158 e. The van der Waals surface area contributed by atoms with Crippen molar-refractivity contribution in [1.82, 2.24) is 5.32 Å². The first-order valence-corrected chi connectivity index (χ1v) is 6.78. The highest BCUT2D eigenvalue weighted by molar-refractivity contribution is 7.90. The van der Waals surface area contributed by atoms with Crippen LogP contribution in [0.2, 0.25) is 0 Å². The van der Waals surface area contributed by atoms with Gasteiger partial charge in [-0.3, -0.25) is 0 Å². The number of sulfone groups is 1. The van der Waals surface area contributed by atoms with Crippen molar-refractivity contribution in [3.8, 4) is 0 Å². The Balaban J connectivity index is 2.39. The molecule has 0 aromatic carbocycles. The molecule has 0 amide bonds. The van der Waals surface area contributed by atoms with Gasteiger partial charge in [-0.05, 0) is 12.1 Å². The van der Waals surface area contributed by atoms with Crippen LogP contribution in [0.5, 0.6) is 0 Å². The molecule has 0 aliphatic rings. The molecule has 0 aliphatic heterocycles. The molecule has 0 spiro atoms. The molecule has 0 aliphatic carbocycles. The van der Waals surface area contributed by atoms with Gasteiger partial charge in [-0.2, -0.15) is 0 Å². The summed E-state index contributed by atoms with van der Waals surface area (Å²) in [6, 6.07) is 3.67. The summed E-state index contributed by atoms with van der Waals surface area (Å²) in [6.07, 6.45) is 1.48. The van der Waals surface area contributed by atoms with Crippen LogP contribution in [-0.4, -0.2) is 26.8 Å². The lowest BCUT2D eigenvalue weighted by Crippen LogP contribution is -2.29. The number of nitrogens with one attached hydrogen (secondary N) is 1. The number of hydrogen-bond donors (Lipinski definition) is 1. The molecule has 0 radical (unpaired) electrons. The third kappa shape index (κ3) is 4.99. The van der Waals surface area contributed by atoms with Crippen LogP contribution in [0.15, 0.2) is 22.8 Å². The minimum Gasteiger partial charge on any atom is -0.468 e. The Morgan fingerprint density at radius 3 is 2.73 bits per heavy atom. The molecular weight excluding hydrogens is 214 g/mol. The molecule has 0 saturated heterocycles. The molecule has 1 aromatic heterocycles. The van der Waals surface area contributed by atoms with Crippen molar-refractivity contribution in [2.75, 3.05) is 12.3 Å². The molecule has 15 heavy (non-hydrogen) atoms. The summed E-state index contributed by atoms with van der Waals surface area (Å²) in [5.74, 6) is 0.630. The first-order chi connectivity index (χ1) is 6.99. The number of furan rings is 1. The van der Waals surface area contributed by atoms with Gasteiger partial charge in [-0.1, -0.05) is 13.8 Å². The highest BCUT2D eigenvalue weighted by atomic mass is 32.2. The summed E-state index contributed by atoms with van der Waals surface area (Å²) in [4.78, 5) is 0. The van der Waals surface area contributed by atoms with Crippen molar-refractivity contribution in [1.29, 1.82) is 0 Å². The van der Waals surface area contributed by atoms with Crippen molar-refractivity contribution in [3.05, 3.63) is 24.2 Å². The zero-order chi connectivity index (χ0) is 11.3. The maximum absolute atomic E-state index is 11.6. The summed E-state index contributed by atoms with van der Waals surface area (Å²) in [5.41, 5.74) is 0. The van der Waals surface area contributed by atoms with E-state index >= 15 is 0 Å². The third-order valence-electron chi connectivity index (χ3n) is 1.91. The van der Waals surface area contributed by atoms with Gasteiger partial charge in [0.15, 0.2) is 9.84 Å². The summed E-state index contributed by atoms with van der Waals surface area (Å²) < 4.78 is 28.2. The second-order valence-electron chi connectivity index (χ2n) is 3.78. The van der Waals surface area contributed by atoms with Gasteiger partial charge in [0.2, 0.25) is 0 Å². The van der Waals surface area contributed by atoms with E-state index < -0.39 is 9.84 Å². The van der Waals surface area contributed by atoms with Gasteiger partial charge in [-0.15, -0.1) is 0 Å². The molecule has 4 nitrogen and oxygen atoms in total. The van der Waals surface area contributed by atoms with Crippen molar-refractivity contribution >= 4 is 9.84 Å². The Kier molecular flexibility index (Phi) is 4.35. The average Bonchev–Trinajstić information content (AvgIpc) is 2.54. The van der Waals surface area contributed by atoms with Gasteiger partial charge >= 0.3 is 0 Å². The van der Waals surface area contributed by atoms with Crippen LogP contribution in [-0.2, 0) is 15.6 Å². The van der Waals surface area contributed by atoms with E-state index in [1.54, 1.807) is 12.1 Å². The van der Waals surface area contributed by atoms with E-state index in [-0.39, 0.29) is 11.5 Å². The van der Waals surface area contributed by atoms with Crippen molar-refractivity contribution in [2.24, 2.45) is 0 Å². The molecule has 0 bridgehead atoms. The van der Waals surface area contributed by atoms with Gasteiger partial charge in [0.25, 0.3) is 0 Å². The van der Waals surface area contributed by atoms with Crippen molar-refractivity contribution < 1.29 is 12.8 Å². The Bertz CT molecular complexity index is 367. The monoisotopic (exact) mass is 231 g/mol. The quantitative estimate of drug-likeness (QED) is 0.799. The van der Waals surface area contributed by atoms with Crippen LogP contribution in [0.25, 0.3) is 0 Å². The lowest BCUT2D eigenvalue weighted by molar-refractivity contribution is 0.519. The Hall–Kier alpha value is -0.810. The van der Waals surface area contributed by atoms with E-state index in [1.807, 2.05) is 13.8 Å². The number of rotatable bonds is 6. The van der Waals surface area contributed by atoms with E-state index in [0.717, 1.165) is 0 Å². The zero-order valence-corrected chi connectivity index (χ0v) is 9.88. The van der Waals surface area contributed by atoms with Crippen molar-refractivity contribution in [2.45, 2.75) is 25.6 Å². The molecule has 0 saturated carbocycles. The number of hydrogen-bond acceptors (Lipinski definition) is 4.